The van der Waals surface area contributed by atoms with Crippen molar-refractivity contribution < 1.29 is 5.11 Å². The average molecular weight is 226 g/mol. The number of aryl methyl sites for hydroxylation is 1. The number of aromatic nitrogens is 1. The van der Waals surface area contributed by atoms with Crippen molar-refractivity contribution in [2.75, 3.05) is 7.05 Å². The summed E-state index contributed by atoms with van der Waals surface area (Å²) in [4.78, 5) is 7.82. The third-order valence-corrected chi connectivity index (χ3v) is 4.17. The van der Waals surface area contributed by atoms with Crippen molar-refractivity contribution in [2.24, 2.45) is 0 Å². The van der Waals surface area contributed by atoms with E-state index in [0.29, 0.717) is 6.04 Å². The van der Waals surface area contributed by atoms with Crippen molar-refractivity contribution in [3.05, 3.63) is 16.1 Å². The molecule has 1 fully saturated rings. The van der Waals surface area contributed by atoms with Crippen LogP contribution in [0.5, 0.6) is 0 Å². The molecule has 0 amide bonds. The molecule has 1 saturated carbocycles. The van der Waals surface area contributed by atoms with Crippen LogP contribution in [0, 0.1) is 6.92 Å². The minimum atomic E-state index is -0.136. The van der Waals surface area contributed by atoms with Gasteiger partial charge in [-0.05, 0) is 33.2 Å². The van der Waals surface area contributed by atoms with Crippen LogP contribution in [-0.4, -0.2) is 34.2 Å². The van der Waals surface area contributed by atoms with Gasteiger partial charge in [-0.2, -0.15) is 0 Å². The van der Waals surface area contributed by atoms with Gasteiger partial charge in [0.1, 0.15) is 0 Å². The molecule has 2 rings (SSSR count). The number of nitrogens with zero attached hydrogens (tertiary/aromatic N) is 2. The zero-order chi connectivity index (χ0) is 10.8. The van der Waals surface area contributed by atoms with Gasteiger partial charge in [0.15, 0.2) is 0 Å². The van der Waals surface area contributed by atoms with Gasteiger partial charge in [-0.1, -0.05) is 0 Å². The van der Waals surface area contributed by atoms with E-state index in [-0.39, 0.29) is 6.10 Å². The second-order valence-electron chi connectivity index (χ2n) is 4.34. The van der Waals surface area contributed by atoms with Crippen LogP contribution in [0.1, 0.15) is 29.8 Å². The smallest absolute Gasteiger partial charge is 0.0798 e. The van der Waals surface area contributed by atoms with Gasteiger partial charge < -0.3 is 5.11 Å². The molecule has 2 unspecified atom stereocenters. The van der Waals surface area contributed by atoms with Gasteiger partial charge in [-0.15, -0.1) is 11.3 Å². The Morgan fingerprint density at radius 3 is 2.93 bits per heavy atom. The van der Waals surface area contributed by atoms with E-state index >= 15 is 0 Å². The van der Waals surface area contributed by atoms with E-state index in [1.165, 1.54) is 4.88 Å². The maximum absolute atomic E-state index is 9.80. The van der Waals surface area contributed by atoms with Gasteiger partial charge in [0.25, 0.3) is 0 Å². The molecule has 1 aliphatic rings. The van der Waals surface area contributed by atoms with Crippen molar-refractivity contribution in [1.82, 2.24) is 9.88 Å². The maximum atomic E-state index is 9.80. The van der Waals surface area contributed by atoms with Crippen LogP contribution in [-0.2, 0) is 6.54 Å². The molecule has 84 valence electrons. The summed E-state index contributed by atoms with van der Waals surface area (Å²) in [5.41, 5.74) is 3.02. The topological polar surface area (TPSA) is 36.4 Å². The molecule has 0 spiro atoms. The largest absolute Gasteiger partial charge is 0.391 e. The highest BCUT2D eigenvalue weighted by Crippen LogP contribution is 2.25. The zero-order valence-corrected chi connectivity index (χ0v) is 10.1. The Balaban J connectivity index is 1.97. The minimum Gasteiger partial charge on any atom is -0.391 e. The molecule has 15 heavy (non-hydrogen) atoms. The van der Waals surface area contributed by atoms with E-state index in [1.807, 2.05) is 12.4 Å². The SMILES string of the molecule is Cc1ncsc1CN(C)C1CCCC1O. The van der Waals surface area contributed by atoms with E-state index in [0.717, 1.165) is 31.5 Å². The first-order valence-electron chi connectivity index (χ1n) is 5.45. The minimum absolute atomic E-state index is 0.136. The fourth-order valence-electron chi connectivity index (χ4n) is 2.26. The monoisotopic (exact) mass is 226 g/mol. The summed E-state index contributed by atoms with van der Waals surface area (Å²) in [5.74, 6) is 0. The number of thiazole rings is 1. The van der Waals surface area contributed by atoms with Gasteiger partial charge in [0.05, 0.1) is 17.3 Å². The zero-order valence-electron chi connectivity index (χ0n) is 9.31. The molecule has 3 nitrogen and oxygen atoms in total. The van der Waals surface area contributed by atoms with Crippen LogP contribution in [0.25, 0.3) is 0 Å². The molecule has 1 N–H and O–H groups in total. The molecule has 0 saturated heterocycles. The van der Waals surface area contributed by atoms with Gasteiger partial charge >= 0.3 is 0 Å². The van der Waals surface area contributed by atoms with E-state index in [2.05, 4.69) is 16.9 Å². The Hall–Kier alpha value is -0.450. The number of hydrogen-bond donors (Lipinski definition) is 1. The molecule has 4 heteroatoms. The third kappa shape index (κ3) is 2.38. The van der Waals surface area contributed by atoms with Crippen LogP contribution in [0.2, 0.25) is 0 Å². The predicted octanol–water partition coefficient (Wildman–Crippen LogP) is 1.80. The van der Waals surface area contributed by atoms with Crippen molar-refractivity contribution in [3.8, 4) is 0 Å². The first-order chi connectivity index (χ1) is 7.18. The molecule has 2 atom stereocenters. The molecular weight excluding hydrogens is 208 g/mol. The Morgan fingerprint density at radius 2 is 2.40 bits per heavy atom. The van der Waals surface area contributed by atoms with Crippen LogP contribution >= 0.6 is 11.3 Å². The van der Waals surface area contributed by atoms with Gasteiger partial charge in [-0.25, -0.2) is 4.98 Å². The summed E-state index contributed by atoms with van der Waals surface area (Å²) in [6, 6.07) is 0.339. The lowest BCUT2D eigenvalue weighted by Gasteiger charge is -2.26. The Morgan fingerprint density at radius 1 is 1.60 bits per heavy atom. The summed E-state index contributed by atoms with van der Waals surface area (Å²) in [5, 5.41) is 9.80. The average Bonchev–Trinajstić information content (AvgIpc) is 2.76. The lowest BCUT2D eigenvalue weighted by molar-refractivity contribution is 0.0829. The standard InChI is InChI=1S/C11H18N2OS/c1-8-11(15-7-12-8)6-13(2)9-4-3-5-10(9)14/h7,9-10,14H,3-6H2,1-2H3. The van der Waals surface area contributed by atoms with Gasteiger partial charge in [-0.3, -0.25) is 4.90 Å². The fraction of sp³-hybridized carbons (Fsp3) is 0.727. The number of hydrogen-bond acceptors (Lipinski definition) is 4. The second kappa shape index (κ2) is 4.60. The van der Waals surface area contributed by atoms with Gasteiger partial charge in [0, 0.05) is 17.5 Å². The predicted molar refractivity (Wildman–Crippen MR) is 62.0 cm³/mol. The van der Waals surface area contributed by atoms with Crippen LogP contribution in [0.3, 0.4) is 0 Å². The summed E-state index contributed by atoms with van der Waals surface area (Å²) < 4.78 is 0. The highest BCUT2D eigenvalue weighted by atomic mass is 32.1. The quantitative estimate of drug-likeness (QED) is 0.853. The van der Waals surface area contributed by atoms with Gasteiger partial charge in [0.2, 0.25) is 0 Å². The molecule has 0 bridgehead atoms. The van der Waals surface area contributed by atoms with Crippen LogP contribution < -0.4 is 0 Å². The van der Waals surface area contributed by atoms with E-state index in [4.69, 9.17) is 0 Å². The Labute approximate surface area is 94.8 Å². The highest BCUT2D eigenvalue weighted by Gasteiger charge is 2.28. The van der Waals surface area contributed by atoms with E-state index in [9.17, 15) is 5.11 Å². The molecule has 0 aliphatic heterocycles. The van der Waals surface area contributed by atoms with Crippen molar-refractivity contribution >= 4 is 11.3 Å². The van der Waals surface area contributed by atoms with Crippen molar-refractivity contribution in [3.63, 3.8) is 0 Å². The summed E-state index contributed by atoms with van der Waals surface area (Å²) in [6.07, 6.45) is 3.09. The maximum Gasteiger partial charge on any atom is 0.0798 e. The molecule has 0 aromatic carbocycles. The first kappa shape index (κ1) is 11.0. The van der Waals surface area contributed by atoms with Crippen molar-refractivity contribution in [2.45, 2.75) is 44.9 Å². The second-order valence-corrected chi connectivity index (χ2v) is 5.28. The lowest BCUT2D eigenvalue weighted by atomic mass is 10.2. The highest BCUT2D eigenvalue weighted by molar-refractivity contribution is 7.09. The lowest BCUT2D eigenvalue weighted by Crippen LogP contribution is -2.36. The van der Waals surface area contributed by atoms with E-state index < -0.39 is 0 Å². The summed E-state index contributed by atoms with van der Waals surface area (Å²) in [6.45, 7) is 2.96. The van der Waals surface area contributed by atoms with Crippen molar-refractivity contribution in [1.29, 1.82) is 0 Å². The number of likely N-dealkylation sites (N-methyl/N-ethyl adjacent to an activating group) is 1. The molecule has 1 aromatic rings. The molecule has 0 radical (unpaired) electrons. The summed E-state index contributed by atoms with van der Waals surface area (Å²) in [7, 11) is 2.10. The summed E-state index contributed by atoms with van der Waals surface area (Å²) >= 11 is 1.70. The Kier molecular flexibility index (Phi) is 3.38. The van der Waals surface area contributed by atoms with E-state index in [1.54, 1.807) is 11.3 Å². The molecule has 1 heterocycles. The number of aliphatic hydroxyl groups is 1. The third-order valence-electron chi connectivity index (χ3n) is 3.25. The molecule has 1 aliphatic carbocycles. The number of rotatable bonds is 3. The van der Waals surface area contributed by atoms with Crippen LogP contribution in [0.15, 0.2) is 5.51 Å². The first-order valence-corrected chi connectivity index (χ1v) is 6.33. The fourth-order valence-corrected chi connectivity index (χ4v) is 3.10. The van der Waals surface area contributed by atoms with Crippen LogP contribution in [0.4, 0.5) is 0 Å². The Bertz CT molecular complexity index is 326. The molecule has 1 aromatic heterocycles. The molecular formula is C11H18N2OS. The normalized spacial score (nSPS) is 26.4. The number of aliphatic hydroxyl groups excluding tert-OH is 1.